The number of rotatable bonds is 2. The van der Waals surface area contributed by atoms with E-state index >= 15 is 0 Å². The smallest absolute Gasteiger partial charge is 0.178 e. The molecule has 3 rings (SSSR count). The Morgan fingerprint density at radius 2 is 2.32 bits per heavy atom. The third-order valence-electron chi connectivity index (χ3n) is 3.90. The van der Waals surface area contributed by atoms with Crippen molar-refractivity contribution >= 4 is 23.3 Å². The maximum Gasteiger partial charge on any atom is 0.178 e. The molecule has 1 N–H and O–H groups in total. The molecule has 1 saturated carbocycles. The Bertz CT molecular complexity index is 710. The number of nitrogens with zero attached hydrogens (tertiary/aromatic N) is 2. The summed E-state index contributed by atoms with van der Waals surface area (Å²) in [4.78, 5) is 3.21. The lowest BCUT2D eigenvalue weighted by molar-refractivity contribution is 0.0758. The molecule has 1 aromatic heterocycles. The number of H-pyrrole nitrogens is 1. The maximum absolute atomic E-state index is 9.04. The summed E-state index contributed by atoms with van der Waals surface area (Å²) in [5.74, 6) is 0. The van der Waals surface area contributed by atoms with Crippen molar-refractivity contribution in [2.45, 2.75) is 31.4 Å². The first-order valence-corrected chi connectivity index (χ1v) is 6.82. The molecule has 2 unspecified atom stereocenters. The van der Waals surface area contributed by atoms with Crippen molar-refractivity contribution < 1.29 is 4.74 Å². The zero-order valence-corrected chi connectivity index (χ0v) is 11.5. The minimum atomic E-state index is 0.205. The number of aromatic nitrogens is 2. The van der Waals surface area contributed by atoms with Gasteiger partial charge in [0.15, 0.2) is 4.77 Å². The van der Waals surface area contributed by atoms with Gasteiger partial charge in [0.25, 0.3) is 0 Å². The molecule has 0 amide bonds. The van der Waals surface area contributed by atoms with Crippen LogP contribution in [0.1, 0.15) is 30.9 Å². The Labute approximate surface area is 116 Å². The first kappa shape index (κ1) is 12.4. The van der Waals surface area contributed by atoms with Gasteiger partial charge in [0.1, 0.15) is 0 Å². The lowest BCUT2D eigenvalue weighted by Gasteiger charge is -2.20. The maximum atomic E-state index is 9.04. The molecule has 4 nitrogen and oxygen atoms in total. The lowest BCUT2D eigenvalue weighted by atomic mass is 10.1. The summed E-state index contributed by atoms with van der Waals surface area (Å²) in [5, 5.41) is 9.04. The summed E-state index contributed by atoms with van der Waals surface area (Å²) in [6, 6.07) is 8.06. The van der Waals surface area contributed by atoms with Crippen LogP contribution in [-0.4, -0.2) is 22.8 Å². The van der Waals surface area contributed by atoms with Crippen molar-refractivity contribution in [2.75, 3.05) is 7.11 Å². The molecule has 5 heteroatoms. The molecule has 0 saturated heterocycles. The summed E-state index contributed by atoms with van der Waals surface area (Å²) in [6.07, 6.45) is 3.48. The Morgan fingerprint density at radius 1 is 1.47 bits per heavy atom. The summed E-state index contributed by atoms with van der Waals surface area (Å²) in [5.41, 5.74) is 2.63. The van der Waals surface area contributed by atoms with Gasteiger partial charge < -0.3 is 14.3 Å². The highest BCUT2D eigenvalue weighted by molar-refractivity contribution is 7.71. The van der Waals surface area contributed by atoms with Gasteiger partial charge in [0.2, 0.25) is 0 Å². The molecule has 2 aromatic rings. The first-order chi connectivity index (χ1) is 9.24. The molecular formula is C14H15N3OS. The third-order valence-corrected chi connectivity index (χ3v) is 4.20. The number of hydrogen-bond donors (Lipinski definition) is 1. The number of benzene rings is 1. The summed E-state index contributed by atoms with van der Waals surface area (Å²) >= 11 is 5.44. The predicted octanol–water partition coefficient (Wildman–Crippen LogP) is 3.31. The second-order valence-electron chi connectivity index (χ2n) is 4.92. The predicted molar refractivity (Wildman–Crippen MR) is 75.5 cm³/mol. The van der Waals surface area contributed by atoms with Gasteiger partial charge >= 0.3 is 0 Å². The highest BCUT2D eigenvalue weighted by Gasteiger charge is 2.30. The molecular weight excluding hydrogens is 258 g/mol. The average Bonchev–Trinajstić information content (AvgIpc) is 3.00. The minimum Gasteiger partial charge on any atom is -0.379 e. The fraction of sp³-hybridized carbons (Fsp3) is 0.429. The molecule has 98 valence electrons. The van der Waals surface area contributed by atoms with Crippen LogP contribution in [-0.2, 0) is 4.74 Å². The summed E-state index contributed by atoms with van der Waals surface area (Å²) < 4.78 is 8.39. The molecule has 0 spiro atoms. The van der Waals surface area contributed by atoms with E-state index in [0.29, 0.717) is 10.3 Å². The fourth-order valence-corrected chi connectivity index (χ4v) is 3.34. The second kappa shape index (κ2) is 4.80. The van der Waals surface area contributed by atoms with Crippen molar-refractivity contribution in [3.8, 4) is 6.07 Å². The Hall–Kier alpha value is -1.64. The van der Waals surface area contributed by atoms with Gasteiger partial charge in [-0.25, -0.2) is 0 Å². The van der Waals surface area contributed by atoms with E-state index in [2.05, 4.69) is 15.6 Å². The zero-order valence-electron chi connectivity index (χ0n) is 10.7. The first-order valence-electron chi connectivity index (χ1n) is 6.41. The second-order valence-corrected chi connectivity index (χ2v) is 5.30. The van der Waals surface area contributed by atoms with Crippen molar-refractivity contribution in [2.24, 2.45) is 0 Å². The number of aromatic amines is 1. The average molecular weight is 273 g/mol. The standard InChI is InChI=1S/C14H15N3OS/c1-18-13-4-2-3-11(13)17-12-7-9(8-15)5-6-10(12)16-14(17)19/h5-7,11,13H,2-4H2,1H3,(H,16,19). The van der Waals surface area contributed by atoms with Crippen LogP contribution in [0.5, 0.6) is 0 Å². The van der Waals surface area contributed by atoms with Gasteiger partial charge in [-0.05, 0) is 49.7 Å². The van der Waals surface area contributed by atoms with Crippen LogP contribution in [0.15, 0.2) is 18.2 Å². The minimum absolute atomic E-state index is 0.205. The highest BCUT2D eigenvalue weighted by atomic mass is 32.1. The van der Waals surface area contributed by atoms with E-state index in [4.69, 9.17) is 22.2 Å². The molecule has 0 aliphatic heterocycles. The number of fused-ring (bicyclic) bond motifs is 1. The Balaban J connectivity index is 2.19. The Kier molecular flexibility index (Phi) is 3.13. The number of nitrogens with one attached hydrogen (secondary N) is 1. The van der Waals surface area contributed by atoms with Crippen LogP contribution >= 0.6 is 12.2 Å². The third kappa shape index (κ3) is 1.97. The van der Waals surface area contributed by atoms with Crippen LogP contribution in [0.4, 0.5) is 0 Å². The van der Waals surface area contributed by atoms with E-state index in [0.717, 1.165) is 30.3 Å². The van der Waals surface area contributed by atoms with E-state index in [9.17, 15) is 0 Å². The molecule has 1 aromatic carbocycles. The van der Waals surface area contributed by atoms with Crippen molar-refractivity contribution in [1.82, 2.24) is 9.55 Å². The molecule has 19 heavy (non-hydrogen) atoms. The molecule has 2 atom stereocenters. The Morgan fingerprint density at radius 3 is 3.05 bits per heavy atom. The summed E-state index contributed by atoms with van der Waals surface area (Å²) in [6.45, 7) is 0. The van der Waals surface area contributed by atoms with Crippen molar-refractivity contribution in [3.63, 3.8) is 0 Å². The molecule has 1 aliphatic carbocycles. The van der Waals surface area contributed by atoms with E-state index < -0.39 is 0 Å². The monoisotopic (exact) mass is 273 g/mol. The van der Waals surface area contributed by atoms with E-state index in [1.165, 1.54) is 0 Å². The molecule has 0 radical (unpaired) electrons. The van der Waals surface area contributed by atoms with E-state index in [1.54, 1.807) is 13.2 Å². The van der Waals surface area contributed by atoms with Gasteiger partial charge in [-0.1, -0.05) is 0 Å². The van der Waals surface area contributed by atoms with Crippen LogP contribution in [0.2, 0.25) is 0 Å². The zero-order chi connectivity index (χ0) is 13.4. The normalized spacial score (nSPS) is 22.7. The van der Waals surface area contributed by atoms with Crippen molar-refractivity contribution in [1.29, 1.82) is 5.26 Å². The number of ether oxygens (including phenoxy) is 1. The van der Waals surface area contributed by atoms with Crippen LogP contribution < -0.4 is 0 Å². The van der Waals surface area contributed by atoms with Crippen LogP contribution in [0.3, 0.4) is 0 Å². The number of imidazole rings is 1. The van der Waals surface area contributed by atoms with Gasteiger partial charge in [0.05, 0.1) is 34.8 Å². The van der Waals surface area contributed by atoms with Crippen LogP contribution in [0.25, 0.3) is 11.0 Å². The van der Waals surface area contributed by atoms with Crippen molar-refractivity contribution in [3.05, 3.63) is 28.5 Å². The molecule has 1 fully saturated rings. The number of hydrogen-bond acceptors (Lipinski definition) is 3. The lowest BCUT2D eigenvalue weighted by Crippen LogP contribution is -2.20. The van der Waals surface area contributed by atoms with Gasteiger partial charge in [0, 0.05) is 7.11 Å². The molecule has 1 heterocycles. The quantitative estimate of drug-likeness (QED) is 0.854. The van der Waals surface area contributed by atoms with Gasteiger partial charge in [-0.3, -0.25) is 0 Å². The topological polar surface area (TPSA) is 53.7 Å². The molecule has 1 aliphatic rings. The van der Waals surface area contributed by atoms with Gasteiger partial charge in [-0.15, -0.1) is 0 Å². The largest absolute Gasteiger partial charge is 0.379 e. The summed E-state index contributed by atoms with van der Waals surface area (Å²) in [7, 11) is 1.75. The van der Waals surface area contributed by atoms with Crippen LogP contribution in [0, 0.1) is 16.1 Å². The molecule has 0 bridgehead atoms. The fourth-order valence-electron chi connectivity index (χ4n) is 3.00. The SMILES string of the molecule is COC1CCCC1n1c(=S)[nH]c2ccc(C#N)cc21. The highest BCUT2D eigenvalue weighted by Crippen LogP contribution is 2.34. The number of methoxy groups -OCH3 is 1. The van der Waals surface area contributed by atoms with E-state index in [1.807, 2.05) is 12.1 Å². The number of nitriles is 1. The van der Waals surface area contributed by atoms with Gasteiger partial charge in [-0.2, -0.15) is 5.26 Å². The van der Waals surface area contributed by atoms with E-state index in [-0.39, 0.29) is 12.1 Å².